The average Bonchev–Trinajstić information content (AvgIpc) is 2.29. The van der Waals surface area contributed by atoms with Gasteiger partial charge in [-0.3, -0.25) is 9.69 Å². The Labute approximate surface area is 103 Å². The van der Waals surface area contributed by atoms with Crippen molar-refractivity contribution in [3.63, 3.8) is 0 Å². The van der Waals surface area contributed by atoms with E-state index in [2.05, 4.69) is 23.7 Å². The van der Waals surface area contributed by atoms with Gasteiger partial charge < -0.3 is 4.98 Å². The first-order valence-corrected chi connectivity index (χ1v) is 6.54. The quantitative estimate of drug-likeness (QED) is 0.854. The van der Waals surface area contributed by atoms with Gasteiger partial charge >= 0.3 is 0 Å². The van der Waals surface area contributed by atoms with Crippen LogP contribution in [-0.2, 0) is 0 Å². The van der Waals surface area contributed by atoms with Crippen LogP contribution in [0, 0.1) is 6.92 Å². The topological polar surface area (TPSA) is 36.1 Å². The highest BCUT2D eigenvalue weighted by molar-refractivity contribution is 5.25. The number of rotatable bonds is 2. The van der Waals surface area contributed by atoms with Crippen molar-refractivity contribution in [2.75, 3.05) is 6.54 Å². The van der Waals surface area contributed by atoms with E-state index in [1.807, 2.05) is 13.1 Å². The summed E-state index contributed by atoms with van der Waals surface area (Å²) in [6.07, 6.45) is 5.68. The van der Waals surface area contributed by atoms with E-state index in [9.17, 15) is 4.79 Å². The van der Waals surface area contributed by atoms with Gasteiger partial charge in [0.2, 0.25) is 5.56 Å². The molecule has 0 amide bonds. The van der Waals surface area contributed by atoms with Crippen LogP contribution in [0.1, 0.15) is 50.3 Å². The zero-order valence-corrected chi connectivity index (χ0v) is 11.0. The van der Waals surface area contributed by atoms with Gasteiger partial charge in [0.05, 0.1) is 0 Å². The van der Waals surface area contributed by atoms with Crippen molar-refractivity contribution in [3.05, 3.63) is 33.7 Å². The standard InChI is InChI=1S/C14H22N2O/c1-10(2)16-7-5-4-6-13(16)12-9-15-14(17)8-11(12)3/h8-10,13H,4-7H2,1-3H3,(H,15,17). The van der Waals surface area contributed by atoms with E-state index in [-0.39, 0.29) is 5.56 Å². The van der Waals surface area contributed by atoms with Gasteiger partial charge in [-0.05, 0) is 51.3 Å². The number of H-pyrrole nitrogens is 1. The molecule has 0 spiro atoms. The highest BCUT2D eigenvalue weighted by atomic mass is 16.1. The van der Waals surface area contributed by atoms with Gasteiger partial charge in [-0.25, -0.2) is 0 Å². The van der Waals surface area contributed by atoms with E-state index in [1.54, 1.807) is 6.07 Å². The molecule has 1 N–H and O–H groups in total. The lowest BCUT2D eigenvalue weighted by Crippen LogP contribution is -2.39. The Bertz CT molecular complexity index is 436. The van der Waals surface area contributed by atoms with E-state index < -0.39 is 0 Å². The Morgan fingerprint density at radius 3 is 2.82 bits per heavy atom. The molecule has 2 heterocycles. The van der Waals surface area contributed by atoms with Crippen molar-refractivity contribution in [1.29, 1.82) is 0 Å². The number of hydrogen-bond acceptors (Lipinski definition) is 2. The SMILES string of the molecule is Cc1cc(=O)[nH]cc1C1CCCCN1C(C)C. The van der Waals surface area contributed by atoms with Crippen LogP contribution in [-0.4, -0.2) is 22.5 Å². The Hall–Kier alpha value is -1.09. The van der Waals surface area contributed by atoms with Gasteiger partial charge in [0.25, 0.3) is 0 Å². The number of nitrogens with zero attached hydrogens (tertiary/aromatic N) is 1. The predicted octanol–water partition coefficient (Wildman–Crippen LogP) is 2.62. The number of aryl methyl sites for hydroxylation is 1. The summed E-state index contributed by atoms with van der Waals surface area (Å²) in [5.41, 5.74) is 2.41. The minimum Gasteiger partial charge on any atom is -0.329 e. The predicted molar refractivity (Wildman–Crippen MR) is 70.2 cm³/mol. The maximum absolute atomic E-state index is 11.3. The number of hydrogen-bond donors (Lipinski definition) is 1. The zero-order chi connectivity index (χ0) is 12.4. The van der Waals surface area contributed by atoms with E-state index in [4.69, 9.17) is 0 Å². The maximum Gasteiger partial charge on any atom is 0.248 e. The summed E-state index contributed by atoms with van der Waals surface area (Å²) in [6, 6.07) is 2.75. The number of piperidine rings is 1. The second kappa shape index (κ2) is 5.05. The van der Waals surface area contributed by atoms with Crippen LogP contribution in [0.2, 0.25) is 0 Å². The third kappa shape index (κ3) is 2.60. The van der Waals surface area contributed by atoms with Crippen LogP contribution in [0.25, 0.3) is 0 Å². The molecule has 0 bridgehead atoms. The van der Waals surface area contributed by atoms with Gasteiger partial charge in [0.15, 0.2) is 0 Å². The van der Waals surface area contributed by atoms with Gasteiger partial charge in [0.1, 0.15) is 0 Å². The van der Waals surface area contributed by atoms with Crippen molar-refractivity contribution in [2.24, 2.45) is 0 Å². The molecule has 0 aromatic carbocycles. The molecule has 0 aliphatic carbocycles. The van der Waals surface area contributed by atoms with E-state index in [0.717, 1.165) is 5.56 Å². The number of likely N-dealkylation sites (tertiary alicyclic amines) is 1. The van der Waals surface area contributed by atoms with Crippen molar-refractivity contribution >= 4 is 0 Å². The summed E-state index contributed by atoms with van der Waals surface area (Å²) in [5.74, 6) is 0. The second-order valence-corrected chi connectivity index (χ2v) is 5.28. The number of aromatic nitrogens is 1. The molecule has 3 nitrogen and oxygen atoms in total. The summed E-state index contributed by atoms with van der Waals surface area (Å²) in [6.45, 7) is 7.71. The van der Waals surface area contributed by atoms with E-state index >= 15 is 0 Å². The summed E-state index contributed by atoms with van der Waals surface area (Å²) in [5, 5.41) is 0. The lowest BCUT2D eigenvalue weighted by molar-refractivity contribution is 0.111. The first-order chi connectivity index (χ1) is 8.09. The minimum atomic E-state index is -0.00171. The van der Waals surface area contributed by atoms with Crippen LogP contribution >= 0.6 is 0 Å². The second-order valence-electron chi connectivity index (χ2n) is 5.28. The van der Waals surface area contributed by atoms with Gasteiger partial charge in [-0.2, -0.15) is 0 Å². The lowest BCUT2D eigenvalue weighted by atomic mass is 9.92. The number of nitrogens with one attached hydrogen (secondary N) is 1. The lowest BCUT2D eigenvalue weighted by Gasteiger charge is -2.39. The van der Waals surface area contributed by atoms with Crippen molar-refractivity contribution in [3.8, 4) is 0 Å². The molecule has 94 valence electrons. The third-order valence-corrected chi connectivity index (χ3v) is 3.74. The van der Waals surface area contributed by atoms with Gasteiger partial charge in [-0.15, -0.1) is 0 Å². The van der Waals surface area contributed by atoms with E-state index in [0.29, 0.717) is 12.1 Å². The Morgan fingerprint density at radius 2 is 2.18 bits per heavy atom. The van der Waals surface area contributed by atoms with Gasteiger partial charge in [0, 0.05) is 24.3 Å². The molecule has 1 atom stereocenters. The van der Waals surface area contributed by atoms with Crippen LogP contribution in [0.3, 0.4) is 0 Å². The largest absolute Gasteiger partial charge is 0.329 e. The van der Waals surface area contributed by atoms with Gasteiger partial charge in [-0.1, -0.05) is 6.42 Å². The first-order valence-electron chi connectivity index (χ1n) is 6.54. The van der Waals surface area contributed by atoms with Crippen LogP contribution in [0.5, 0.6) is 0 Å². The third-order valence-electron chi connectivity index (χ3n) is 3.74. The van der Waals surface area contributed by atoms with Crippen molar-refractivity contribution in [2.45, 2.75) is 52.1 Å². The van der Waals surface area contributed by atoms with Crippen molar-refractivity contribution in [1.82, 2.24) is 9.88 Å². The van der Waals surface area contributed by atoms with Crippen LogP contribution in [0.4, 0.5) is 0 Å². The monoisotopic (exact) mass is 234 g/mol. The Morgan fingerprint density at radius 1 is 1.41 bits per heavy atom. The average molecular weight is 234 g/mol. The fourth-order valence-electron chi connectivity index (χ4n) is 2.85. The summed E-state index contributed by atoms with van der Waals surface area (Å²) < 4.78 is 0. The highest BCUT2D eigenvalue weighted by Crippen LogP contribution is 2.33. The number of aromatic amines is 1. The summed E-state index contributed by atoms with van der Waals surface area (Å²) in [4.78, 5) is 16.6. The molecule has 0 saturated carbocycles. The minimum absolute atomic E-state index is 0.00171. The molecular formula is C14H22N2O. The molecule has 1 aromatic rings. The molecule has 3 heteroatoms. The molecular weight excluding hydrogens is 212 g/mol. The Kier molecular flexibility index (Phi) is 3.67. The normalized spacial score (nSPS) is 22.0. The molecule has 0 radical (unpaired) electrons. The molecule has 2 rings (SSSR count). The van der Waals surface area contributed by atoms with E-state index in [1.165, 1.54) is 31.4 Å². The molecule has 1 unspecified atom stereocenters. The van der Waals surface area contributed by atoms with Crippen LogP contribution < -0.4 is 5.56 Å². The summed E-state index contributed by atoms with van der Waals surface area (Å²) in [7, 11) is 0. The molecule has 1 aliphatic heterocycles. The molecule has 1 aromatic heterocycles. The molecule has 17 heavy (non-hydrogen) atoms. The first kappa shape index (κ1) is 12.4. The molecule has 1 saturated heterocycles. The summed E-state index contributed by atoms with van der Waals surface area (Å²) >= 11 is 0. The fraction of sp³-hybridized carbons (Fsp3) is 0.643. The Balaban J connectivity index is 2.32. The molecule has 1 fully saturated rings. The number of pyridine rings is 1. The van der Waals surface area contributed by atoms with Crippen molar-refractivity contribution < 1.29 is 0 Å². The zero-order valence-electron chi connectivity index (χ0n) is 11.0. The smallest absolute Gasteiger partial charge is 0.248 e. The molecule has 1 aliphatic rings. The highest BCUT2D eigenvalue weighted by Gasteiger charge is 2.26. The van der Waals surface area contributed by atoms with Crippen LogP contribution in [0.15, 0.2) is 17.1 Å². The maximum atomic E-state index is 11.3. The fourth-order valence-corrected chi connectivity index (χ4v) is 2.85.